The molecule has 0 aliphatic carbocycles. The van der Waals surface area contributed by atoms with E-state index in [9.17, 15) is 17.6 Å². The quantitative estimate of drug-likeness (QED) is 0.826. The highest BCUT2D eigenvalue weighted by Gasteiger charge is 2.32. The molecule has 1 aromatic carbocycles. The van der Waals surface area contributed by atoms with Crippen LogP contribution in [0, 0.1) is 5.82 Å². The van der Waals surface area contributed by atoms with E-state index in [0.717, 1.165) is 12.1 Å². The van der Waals surface area contributed by atoms with Crippen LogP contribution >= 0.6 is 0 Å². The zero-order valence-corrected chi connectivity index (χ0v) is 8.25. The molecule has 0 saturated carbocycles. The van der Waals surface area contributed by atoms with Crippen molar-refractivity contribution in [1.82, 2.24) is 10.2 Å². The first-order valence-corrected chi connectivity index (χ1v) is 4.50. The largest absolute Gasteiger partial charge is 0.573 e. The minimum atomic E-state index is -4.90. The number of hydrogen-bond acceptors (Lipinski definition) is 2. The second kappa shape index (κ2) is 4.08. The fraction of sp³-hybridized carbons (Fsp3) is 0.100. The van der Waals surface area contributed by atoms with Gasteiger partial charge in [-0.3, -0.25) is 5.10 Å². The summed E-state index contributed by atoms with van der Waals surface area (Å²) in [7, 11) is 0. The number of rotatable bonds is 2. The van der Waals surface area contributed by atoms with Crippen molar-refractivity contribution in [3.63, 3.8) is 0 Å². The van der Waals surface area contributed by atoms with Gasteiger partial charge in [-0.15, -0.1) is 13.2 Å². The molecule has 0 saturated heterocycles. The molecule has 1 aromatic heterocycles. The first-order valence-electron chi connectivity index (χ1n) is 4.50. The maximum atomic E-state index is 13.3. The Morgan fingerprint density at radius 1 is 1.18 bits per heavy atom. The third-order valence-corrected chi connectivity index (χ3v) is 1.99. The smallest absolute Gasteiger partial charge is 0.403 e. The molecule has 17 heavy (non-hydrogen) atoms. The standard InChI is InChI=1S/C10H6F4N2O/c11-8-3-6(7-4-15-16-5-7)1-2-9(8)17-10(12,13)14/h1-5H,(H,15,16). The molecule has 0 spiro atoms. The molecule has 0 unspecified atom stereocenters. The number of aromatic nitrogens is 2. The van der Waals surface area contributed by atoms with Gasteiger partial charge in [0.15, 0.2) is 11.6 Å². The van der Waals surface area contributed by atoms with E-state index in [1.165, 1.54) is 18.5 Å². The molecule has 0 aliphatic rings. The Kier molecular flexibility index (Phi) is 2.74. The number of halogens is 4. The van der Waals surface area contributed by atoms with Crippen molar-refractivity contribution in [2.75, 3.05) is 0 Å². The molecule has 90 valence electrons. The van der Waals surface area contributed by atoms with Crippen LogP contribution in [-0.2, 0) is 0 Å². The molecule has 7 heteroatoms. The van der Waals surface area contributed by atoms with Crippen LogP contribution in [0.25, 0.3) is 11.1 Å². The lowest BCUT2D eigenvalue weighted by Crippen LogP contribution is -2.17. The summed E-state index contributed by atoms with van der Waals surface area (Å²) in [6.45, 7) is 0. The van der Waals surface area contributed by atoms with E-state index in [1.54, 1.807) is 0 Å². The summed E-state index contributed by atoms with van der Waals surface area (Å²) in [5, 5.41) is 6.17. The Morgan fingerprint density at radius 3 is 2.47 bits per heavy atom. The summed E-state index contributed by atoms with van der Waals surface area (Å²) in [5.74, 6) is -1.94. The van der Waals surface area contributed by atoms with Crippen LogP contribution in [0.1, 0.15) is 0 Å². The maximum absolute atomic E-state index is 13.3. The molecule has 2 aromatic rings. The number of alkyl halides is 3. The zero-order chi connectivity index (χ0) is 12.5. The van der Waals surface area contributed by atoms with E-state index in [2.05, 4.69) is 14.9 Å². The third kappa shape index (κ3) is 2.74. The van der Waals surface area contributed by atoms with Gasteiger partial charge >= 0.3 is 6.36 Å². The van der Waals surface area contributed by atoms with Crippen molar-refractivity contribution in [1.29, 1.82) is 0 Å². The molecule has 1 heterocycles. The topological polar surface area (TPSA) is 37.9 Å². The fourth-order valence-electron chi connectivity index (χ4n) is 1.30. The van der Waals surface area contributed by atoms with Gasteiger partial charge in [-0.25, -0.2) is 4.39 Å². The average molecular weight is 246 g/mol. The second-order valence-corrected chi connectivity index (χ2v) is 3.18. The van der Waals surface area contributed by atoms with Crippen LogP contribution in [0.2, 0.25) is 0 Å². The first kappa shape index (κ1) is 11.4. The molecule has 3 nitrogen and oxygen atoms in total. The SMILES string of the molecule is Fc1cc(-c2cn[nH]c2)ccc1OC(F)(F)F. The van der Waals surface area contributed by atoms with Crippen LogP contribution in [0.15, 0.2) is 30.6 Å². The summed E-state index contributed by atoms with van der Waals surface area (Å²) >= 11 is 0. The van der Waals surface area contributed by atoms with E-state index < -0.39 is 17.9 Å². The maximum Gasteiger partial charge on any atom is 0.573 e. The summed E-state index contributed by atoms with van der Waals surface area (Å²) in [4.78, 5) is 0. The molecule has 0 atom stereocenters. The lowest BCUT2D eigenvalue weighted by atomic mass is 10.1. The normalized spacial score (nSPS) is 11.5. The second-order valence-electron chi connectivity index (χ2n) is 3.18. The van der Waals surface area contributed by atoms with E-state index in [-0.39, 0.29) is 0 Å². The molecule has 0 aliphatic heterocycles. The molecule has 2 rings (SSSR count). The van der Waals surface area contributed by atoms with Gasteiger partial charge < -0.3 is 4.74 Å². The monoisotopic (exact) mass is 246 g/mol. The third-order valence-electron chi connectivity index (χ3n) is 1.99. The van der Waals surface area contributed by atoms with Crippen LogP contribution in [0.3, 0.4) is 0 Å². The van der Waals surface area contributed by atoms with Crippen molar-refractivity contribution in [3.05, 3.63) is 36.4 Å². The van der Waals surface area contributed by atoms with E-state index in [0.29, 0.717) is 11.1 Å². The molecule has 0 fully saturated rings. The van der Waals surface area contributed by atoms with Crippen molar-refractivity contribution in [2.24, 2.45) is 0 Å². The van der Waals surface area contributed by atoms with Crippen molar-refractivity contribution < 1.29 is 22.3 Å². The van der Waals surface area contributed by atoms with Crippen molar-refractivity contribution in [2.45, 2.75) is 6.36 Å². The minimum Gasteiger partial charge on any atom is -0.403 e. The number of nitrogens with zero attached hydrogens (tertiary/aromatic N) is 1. The van der Waals surface area contributed by atoms with Crippen LogP contribution in [0.5, 0.6) is 5.75 Å². The first-order chi connectivity index (χ1) is 7.96. The van der Waals surface area contributed by atoms with Gasteiger partial charge in [0.1, 0.15) is 0 Å². The summed E-state index contributed by atoms with van der Waals surface area (Å²) in [6, 6.07) is 3.19. The van der Waals surface area contributed by atoms with Gasteiger partial charge in [0.05, 0.1) is 6.20 Å². The lowest BCUT2D eigenvalue weighted by molar-refractivity contribution is -0.275. The summed E-state index contributed by atoms with van der Waals surface area (Å²) < 4.78 is 52.5. The van der Waals surface area contributed by atoms with Crippen molar-refractivity contribution >= 4 is 0 Å². The molecular weight excluding hydrogens is 240 g/mol. The lowest BCUT2D eigenvalue weighted by Gasteiger charge is -2.10. The van der Waals surface area contributed by atoms with Gasteiger partial charge in [0.2, 0.25) is 0 Å². The predicted molar refractivity (Wildman–Crippen MR) is 50.7 cm³/mol. The van der Waals surface area contributed by atoms with Gasteiger partial charge in [-0.1, -0.05) is 6.07 Å². The van der Waals surface area contributed by atoms with E-state index >= 15 is 0 Å². The zero-order valence-electron chi connectivity index (χ0n) is 8.25. The Labute approximate surface area is 93.0 Å². The van der Waals surface area contributed by atoms with Crippen molar-refractivity contribution in [3.8, 4) is 16.9 Å². The Bertz CT molecular complexity index is 508. The van der Waals surface area contributed by atoms with Gasteiger partial charge in [-0.2, -0.15) is 5.10 Å². The number of hydrogen-bond donors (Lipinski definition) is 1. The minimum absolute atomic E-state index is 0.408. The highest BCUT2D eigenvalue weighted by molar-refractivity contribution is 5.62. The Morgan fingerprint density at radius 2 is 1.94 bits per heavy atom. The van der Waals surface area contributed by atoms with Gasteiger partial charge in [0, 0.05) is 11.8 Å². The highest BCUT2D eigenvalue weighted by atomic mass is 19.4. The number of ether oxygens (including phenoxy) is 1. The summed E-state index contributed by atoms with van der Waals surface area (Å²) in [6.07, 6.45) is -1.98. The predicted octanol–water partition coefficient (Wildman–Crippen LogP) is 3.11. The highest BCUT2D eigenvalue weighted by Crippen LogP contribution is 2.29. The van der Waals surface area contributed by atoms with Gasteiger partial charge in [-0.05, 0) is 17.7 Å². The fourth-order valence-corrected chi connectivity index (χ4v) is 1.30. The Balaban J connectivity index is 2.29. The van der Waals surface area contributed by atoms with Crippen LogP contribution in [-0.4, -0.2) is 16.6 Å². The van der Waals surface area contributed by atoms with E-state index in [1.807, 2.05) is 0 Å². The number of aromatic amines is 1. The van der Waals surface area contributed by atoms with E-state index in [4.69, 9.17) is 0 Å². The number of nitrogens with one attached hydrogen (secondary N) is 1. The van der Waals surface area contributed by atoms with Gasteiger partial charge in [0.25, 0.3) is 0 Å². The molecule has 1 N–H and O–H groups in total. The number of H-pyrrole nitrogens is 1. The number of benzene rings is 1. The van der Waals surface area contributed by atoms with Crippen LogP contribution in [0.4, 0.5) is 17.6 Å². The molecule has 0 radical (unpaired) electrons. The summed E-state index contributed by atoms with van der Waals surface area (Å²) in [5.41, 5.74) is 0.980. The Hall–Kier alpha value is -2.05. The average Bonchev–Trinajstić information content (AvgIpc) is 2.72. The molecular formula is C10H6F4N2O. The molecule has 0 bridgehead atoms. The van der Waals surface area contributed by atoms with Crippen LogP contribution < -0.4 is 4.74 Å². The molecule has 0 amide bonds.